The molecule has 7 rings (SSSR count). The van der Waals surface area contributed by atoms with Crippen LogP contribution in [0.3, 0.4) is 0 Å². The van der Waals surface area contributed by atoms with E-state index in [2.05, 4.69) is 32.1 Å². The number of carbonyl (C=O) groups excluding carboxylic acids is 1. The molecule has 37 heavy (non-hydrogen) atoms. The number of thiophene rings is 1. The van der Waals surface area contributed by atoms with Gasteiger partial charge in [0.05, 0.1) is 40.7 Å². The van der Waals surface area contributed by atoms with Crippen LogP contribution >= 0.6 is 11.3 Å². The lowest BCUT2D eigenvalue weighted by Gasteiger charge is -2.35. The Kier molecular flexibility index (Phi) is 5.61. The molecule has 1 aromatic carbocycles. The third kappa shape index (κ3) is 4.25. The average Bonchev–Trinajstić information content (AvgIpc) is 3.32. The lowest BCUT2D eigenvalue weighted by atomic mass is 10.1. The molecule has 0 radical (unpaired) electrons. The van der Waals surface area contributed by atoms with Crippen LogP contribution in [0.2, 0.25) is 0 Å². The predicted octanol–water partition coefficient (Wildman–Crippen LogP) is 2.21. The molecule has 0 bridgehead atoms. The van der Waals surface area contributed by atoms with Crippen molar-refractivity contribution in [1.29, 1.82) is 0 Å². The van der Waals surface area contributed by atoms with Gasteiger partial charge in [0.1, 0.15) is 0 Å². The summed E-state index contributed by atoms with van der Waals surface area (Å²) in [6.45, 7) is 7.04. The topological polar surface area (TPSA) is 116 Å². The first-order valence-electron chi connectivity index (χ1n) is 12.9. The van der Waals surface area contributed by atoms with Crippen LogP contribution < -0.4 is 10.6 Å². The van der Waals surface area contributed by atoms with Crippen molar-refractivity contribution in [3.05, 3.63) is 35.3 Å². The zero-order valence-electron chi connectivity index (χ0n) is 20.7. The number of ether oxygens (including phenoxy) is 1. The van der Waals surface area contributed by atoms with Gasteiger partial charge in [-0.05, 0) is 25.0 Å². The van der Waals surface area contributed by atoms with E-state index in [1.807, 2.05) is 23.2 Å². The van der Waals surface area contributed by atoms with E-state index in [9.17, 15) is 4.79 Å². The van der Waals surface area contributed by atoms with Crippen molar-refractivity contribution in [3.8, 4) is 11.4 Å². The number of rotatable bonds is 5. The lowest BCUT2D eigenvalue weighted by Crippen LogP contribution is -2.53. The predicted molar refractivity (Wildman–Crippen MR) is 144 cm³/mol. The molecule has 3 aliphatic rings. The summed E-state index contributed by atoms with van der Waals surface area (Å²) >= 11 is 1.77. The third-order valence-electron chi connectivity index (χ3n) is 7.69. The Hall–Kier alpha value is -3.12. The number of nitrogens with two attached hydrogens (primary N) is 1. The highest BCUT2D eigenvalue weighted by Gasteiger charge is 2.48. The summed E-state index contributed by atoms with van der Waals surface area (Å²) in [5, 5.41) is 8.29. The number of morpholine rings is 1. The molecule has 3 fully saturated rings. The number of nitrogens with one attached hydrogen (secondary N) is 1. The van der Waals surface area contributed by atoms with E-state index in [1.165, 1.54) is 4.88 Å². The van der Waals surface area contributed by atoms with E-state index in [0.29, 0.717) is 19.0 Å². The van der Waals surface area contributed by atoms with Crippen LogP contribution in [0.15, 0.2) is 30.5 Å². The largest absolute Gasteiger partial charge is 0.378 e. The van der Waals surface area contributed by atoms with Gasteiger partial charge >= 0.3 is 0 Å². The van der Waals surface area contributed by atoms with Crippen LogP contribution in [0.1, 0.15) is 17.7 Å². The zero-order chi connectivity index (χ0) is 25.0. The van der Waals surface area contributed by atoms with Crippen LogP contribution in [0, 0.1) is 0 Å². The quantitative estimate of drug-likeness (QED) is 0.413. The van der Waals surface area contributed by atoms with E-state index in [-0.39, 0.29) is 5.91 Å². The van der Waals surface area contributed by atoms with Crippen molar-refractivity contribution < 1.29 is 9.53 Å². The van der Waals surface area contributed by atoms with Crippen LogP contribution in [-0.4, -0.2) is 93.9 Å². The number of anilines is 1. The monoisotopic (exact) mass is 518 g/mol. The van der Waals surface area contributed by atoms with Crippen molar-refractivity contribution in [1.82, 2.24) is 30.0 Å². The van der Waals surface area contributed by atoms with Crippen LogP contribution in [-0.2, 0) is 16.1 Å². The SMILES string of the molecule is NC1(C(=O)N2CCN(Cc3cc4nc(-c5cccc6[nH]ncc56)nc(N5CCOCC5)c4s3)CC2)CC1. The second-order valence-electron chi connectivity index (χ2n) is 10.3. The molecule has 10 nitrogen and oxygen atoms in total. The Morgan fingerprint density at radius 3 is 2.70 bits per heavy atom. The summed E-state index contributed by atoms with van der Waals surface area (Å²) < 4.78 is 6.73. The van der Waals surface area contributed by atoms with Gasteiger partial charge in [-0.15, -0.1) is 11.3 Å². The molecule has 2 aliphatic heterocycles. The van der Waals surface area contributed by atoms with E-state index < -0.39 is 5.54 Å². The first-order chi connectivity index (χ1) is 18.1. The summed E-state index contributed by atoms with van der Waals surface area (Å²) in [7, 11) is 0. The second-order valence-corrected chi connectivity index (χ2v) is 11.4. The fraction of sp³-hybridized carbons (Fsp3) is 0.462. The Morgan fingerprint density at radius 1 is 1.11 bits per heavy atom. The number of benzene rings is 1. The minimum absolute atomic E-state index is 0.125. The van der Waals surface area contributed by atoms with Crippen molar-refractivity contribution in [2.45, 2.75) is 24.9 Å². The number of amides is 1. The van der Waals surface area contributed by atoms with E-state index in [0.717, 1.165) is 91.2 Å². The van der Waals surface area contributed by atoms with Crippen molar-refractivity contribution in [3.63, 3.8) is 0 Å². The summed E-state index contributed by atoms with van der Waals surface area (Å²) in [6.07, 6.45) is 3.47. The first kappa shape index (κ1) is 23.0. The number of carbonyl (C=O) groups is 1. The molecule has 1 saturated carbocycles. The summed E-state index contributed by atoms with van der Waals surface area (Å²) in [5.74, 6) is 1.82. The number of aromatic amines is 1. The molecule has 192 valence electrons. The number of H-pyrrole nitrogens is 1. The summed E-state index contributed by atoms with van der Waals surface area (Å²) in [4.78, 5) is 30.7. The van der Waals surface area contributed by atoms with E-state index >= 15 is 0 Å². The lowest BCUT2D eigenvalue weighted by molar-refractivity contribution is -0.135. The number of aromatic nitrogens is 4. The number of hydrogen-bond acceptors (Lipinski definition) is 9. The fourth-order valence-electron chi connectivity index (χ4n) is 5.31. The van der Waals surface area contributed by atoms with Gasteiger partial charge in [0, 0.05) is 61.6 Å². The molecule has 1 amide bonds. The zero-order valence-corrected chi connectivity index (χ0v) is 21.5. The Bertz CT molecular complexity index is 1460. The average molecular weight is 519 g/mol. The molecule has 1 aliphatic carbocycles. The Morgan fingerprint density at radius 2 is 1.92 bits per heavy atom. The Labute approximate surface area is 218 Å². The van der Waals surface area contributed by atoms with Gasteiger partial charge in [0.15, 0.2) is 11.6 Å². The minimum atomic E-state index is -0.583. The van der Waals surface area contributed by atoms with E-state index in [1.54, 1.807) is 11.3 Å². The maximum atomic E-state index is 12.6. The van der Waals surface area contributed by atoms with Gasteiger partial charge in [-0.1, -0.05) is 12.1 Å². The molecule has 3 N–H and O–H groups in total. The van der Waals surface area contributed by atoms with Gasteiger partial charge in [-0.2, -0.15) is 5.10 Å². The maximum absolute atomic E-state index is 12.6. The first-order valence-corrected chi connectivity index (χ1v) is 13.8. The second kappa shape index (κ2) is 9.02. The number of fused-ring (bicyclic) bond motifs is 2. The highest BCUT2D eigenvalue weighted by molar-refractivity contribution is 7.19. The number of hydrogen-bond donors (Lipinski definition) is 2. The molecular formula is C26H30N8O2S. The van der Waals surface area contributed by atoms with Gasteiger partial charge in [-0.3, -0.25) is 14.8 Å². The molecule has 3 aromatic heterocycles. The normalized spacial score (nSPS) is 20.1. The van der Waals surface area contributed by atoms with E-state index in [4.69, 9.17) is 20.4 Å². The molecule has 2 saturated heterocycles. The molecule has 5 heterocycles. The third-order valence-corrected chi connectivity index (χ3v) is 8.80. The smallest absolute Gasteiger partial charge is 0.242 e. The van der Waals surface area contributed by atoms with Crippen LogP contribution in [0.5, 0.6) is 0 Å². The summed E-state index contributed by atoms with van der Waals surface area (Å²) in [6, 6.07) is 8.29. The fourth-order valence-corrected chi connectivity index (χ4v) is 6.46. The molecular weight excluding hydrogens is 488 g/mol. The standard InChI is InChI=1S/C26H30N8O2S/c27-26(4-5-26)25(35)34-8-6-32(7-9-34)16-17-14-21-22(37-17)24(33-10-12-36-13-11-33)30-23(29-21)18-2-1-3-20-19(18)15-28-31-20/h1-3,14-15H,4-13,16,27H2,(H,28,31). The van der Waals surface area contributed by atoms with Crippen molar-refractivity contribution in [2.75, 3.05) is 57.4 Å². The van der Waals surface area contributed by atoms with Gasteiger partial charge in [0.2, 0.25) is 5.91 Å². The molecule has 0 atom stereocenters. The number of piperazine rings is 1. The van der Waals surface area contributed by atoms with Crippen molar-refractivity contribution in [2.24, 2.45) is 5.73 Å². The minimum Gasteiger partial charge on any atom is -0.378 e. The highest BCUT2D eigenvalue weighted by Crippen LogP contribution is 2.37. The molecule has 4 aromatic rings. The van der Waals surface area contributed by atoms with Gasteiger partial charge in [0.25, 0.3) is 0 Å². The molecule has 11 heteroatoms. The van der Waals surface area contributed by atoms with Gasteiger partial charge in [-0.25, -0.2) is 9.97 Å². The molecule has 0 spiro atoms. The maximum Gasteiger partial charge on any atom is 0.242 e. The number of nitrogens with zero attached hydrogens (tertiary/aromatic N) is 6. The summed E-state index contributed by atoms with van der Waals surface area (Å²) in [5.41, 5.74) is 8.48. The van der Waals surface area contributed by atoms with Crippen LogP contribution in [0.25, 0.3) is 32.5 Å². The van der Waals surface area contributed by atoms with Crippen LogP contribution in [0.4, 0.5) is 5.82 Å². The van der Waals surface area contributed by atoms with Crippen molar-refractivity contribution >= 4 is 44.2 Å². The highest BCUT2D eigenvalue weighted by atomic mass is 32.1. The Balaban J connectivity index is 1.18. The molecule has 0 unspecified atom stereocenters. The van der Waals surface area contributed by atoms with Gasteiger partial charge < -0.3 is 20.3 Å².